The zero-order valence-electron chi connectivity index (χ0n) is 6.82. The molecule has 0 heterocycles. The third kappa shape index (κ3) is 3.95. The fraction of sp³-hybridized carbons (Fsp3) is 0.857. The Hall–Kier alpha value is -0.610. The maximum atomic E-state index is 10.4. The number of aliphatic carboxylic acids is 1. The molecule has 4 heteroatoms. The summed E-state index contributed by atoms with van der Waals surface area (Å²) in [6.45, 7) is 3.13. The lowest BCUT2D eigenvalue weighted by atomic mass is 9.98. The number of rotatable bonds is 4. The second-order valence-electron chi connectivity index (χ2n) is 2.88. The van der Waals surface area contributed by atoms with E-state index < -0.39 is 24.0 Å². The summed E-state index contributed by atoms with van der Waals surface area (Å²) in [5.74, 6) is -1.51. The zero-order chi connectivity index (χ0) is 9.02. The first-order valence-electron chi connectivity index (χ1n) is 3.61. The summed E-state index contributed by atoms with van der Waals surface area (Å²) in [5.41, 5.74) is 5.48. The van der Waals surface area contributed by atoms with Gasteiger partial charge in [0.25, 0.3) is 0 Å². The summed E-state index contributed by atoms with van der Waals surface area (Å²) in [5, 5.41) is 17.4. The number of carboxylic acids is 1. The summed E-state index contributed by atoms with van der Waals surface area (Å²) >= 11 is 0. The molecular weight excluding hydrogens is 146 g/mol. The van der Waals surface area contributed by atoms with Crippen molar-refractivity contribution in [2.75, 3.05) is 0 Å². The third-order valence-electron chi connectivity index (χ3n) is 1.65. The lowest BCUT2D eigenvalue weighted by molar-refractivity contribution is -0.141. The Balaban J connectivity index is 3.82. The highest BCUT2D eigenvalue weighted by molar-refractivity contribution is 5.70. The Bertz CT molecular complexity index is 136. The van der Waals surface area contributed by atoms with Gasteiger partial charge in [0, 0.05) is 6.04 Å². The largest absolute Gasteiger partial charge is 0.481 e. The zero-order valence-corrected chi connectivity index (χ0v) is 6.82. The van der Waals surface area contributed by atoms with Gasteiger partial charge in [0.1, 0.15) is 0 Å². The Labute approximate surface area is 66.0 Å². The molecule has 0 saturated carbocycles. The second kappa shape index (κ2) is 4.31. The van der Waals surface area contributed by atoms with Crippen molar-refractivity contribution in [2.45, 2.75) is 32.4 Å². The van der Waals surface area contributed by atoms with E-state index in [1.54, 1.807) is 6.92 Å². The SMILES string of the molecule is CC(O)CC(N)C(C)C(=O)O. The van der Waals surface area contributed by atoms with Crippen LogP contribution in [0, 0.1) is 5.92 Å². The number of aliphatic hydroxyl groups excluding tert-OH is 1. The molecular formula is C7H15NO3. The summed E-state index contributed by atoms with van der Waals surface area (Å²) < 4.78 is 0. The maximum Gasteiger partial charge on any atom is 0.307 e. The molecule has 0 bridgehead atoms. The van der Waals surface area contributed by atoms with Crippen molar-refractivity contribution in [1.29, 1.82) is 0 Å². The number of nitrogens with two attached hydrogens (primary N) is 1. The smallest absolute Gasteiger partial charge is 0.307 e. The highest BCUT2D eigenvalue weighted by Crippen LogP contribution is 2.06. The molecule has 0 fully saturated rings. The van der Waals surface area contributed by atoms with E-state index in [9.17, 15) is 4.79 Å². The van der Waals surface area contributed by atoms with Crippen molar-refractivity contribution in [3.8, 4) is 0 Å². The maximum absolute atomic E-state index is 10.4. The number of carbonyl (C=O) groups is 1. The van der Waals surface area contributed by atoms with E-state index in [-0.39, 0.29) is 0 Å². The van der Waals surface area contributed by atoms with E-state index in [0.717, 1.165) is 0 Å². The molecule has 66 valence electrons. The van der Waals surface area contributed by atoms with Crippen LogP contribution in [-0.4, -0.2) is 28.3 Å². The Morgan fingerprint density at radius 2 is 2.00 bits per heavy atom. The summed E-state index contributed by atoms with van der Waals surface area (Å²) in [6.07, 6.45) is -0.209. The number of hydrogen-bond donors (Lipinski definition) is 3. The first-order valence-corrected chi connectivity index (χ1v) is 3.61. The van der Waals surface area contributed by atoms with E-state index in [2.05, 4.69) is 0 Å². The highest BCUT2D eigenvalue weighted by Gasteiger charge is 2.20. The van der Waals surface area contributed by atoms with Gasteiger partial charge in [-0.05, 0) is 13.3 Å². The first kappa shape index (κ1) is 10.4. The molecule has 0 amide bonds. The summed E-state index contributed by atoms with van der Waals surface area (Å²) in [7, 11) is 0. The van der Waals surface area contributed by atoms with Crippen LogP contribution in [-0.2, 0) is 4.79 Å². The molecule has 0 aromatic rings. The van der Waals surface area contributed by atoms with Gasteiger partial charge in [-0.25, -0.2) is 0 Å². The van der Waals surface area contributed by atoms with E-state index in [1.807, 2.05) is 0 Å². The molecule has 0 saturated heterocycles. The van der Waals surface area contributed by atoms with Crippen molar-refractivity contribution in [3.05, 3.63) is 0 Å². The molecule has 0 aliphatic rings. The van der Waals surface area contributed by atoms with Crippen LogP contribution in [0.5, 0.6) is 0 Å². The fourth-order valence-electron chi connectivity index (χ4n) is 0.781. The Kier molecular flexibility index (Phi) is 4.07. The van der Waals surface area contributed by atoms with E-state index >= 15 is 0 Å². The second-order valence-corrected chi connectivity index (χ2v) is 2.88. The molecule has 0 spiro atoms. The van der Waals surface area contributed by atoms with Crippen LogP contribution in [0.15, 0.2) is 0 Å². The van der Waals surface area contributed by atoms with Gasteiger partial charge in [0.2, 0.25) is 0 Å². The quantitative estimate of drug-likeness (QED) is 0.533. The van der Waals surface area contributed by atoms with Crippen molar-refractivity contribution in [1.82, 2.24) is 0 Å². The molecule has 0 rings (SSSR count). The van der Waals surface area contributed by atoms with Gasteiger partial charge in [-0.2, -0.15) is 0 Å². The molecule has 0 radical (unpaired) electrons. The predicted molar refractivity (Wildman–Crippen MR) is 41.1 cm³/mol. The molecule has 4 N–H and O–H groups in total. The third-order valence-corrected chi connectivity index (χ3v) is 1.65. The molecule has 3 unspecified atom stereocenters. The summed E-state index contributed by atoms with van der Waals surface area (Å²) in [4.78, 5) is 10.4. The van der Waals surface area contributed by atoms with Gasteiger partial charge in [0.15, 0.2) is 0 Å². The van der Waals surface area contributed by atoms with Crippen LogP contribution in [0.3, 0.4) is 0 Å². The van der Waals surface area contributed by atoms with E-state index in [1.165, 1.54) is 6.92 Å². The molecule has 0 aliphatic carbocycles. The number of aliphatic hydroxyl groups is 1. The van der Waals surface area contributed by atoms with Crippen molar-refractivity contribution >= 4 is 5.97 Å². The molecule has 3 atom stereocenters. The average Bonchev–Trinajstić information content (AvgIpc) is 1.84. The van der Waals surface area contributed by atoms with Gasteiger partial charge in [-0.1, -0.05) is 6.92 Å². The first-order chi connectivity index (χ1) is 4.95. The average molecular weight is 161 g/mol. The van der Waals surface area contributed by atoms with Crippen molar-refractivity contribution < 1.29 is 15.0 Å². The van der Waals surface area contributed by atoms with Crippen LogP contribution in [0.2, 0.25) is 0 Å². The van der Waals surface area contributed by atoms with Gasteiger partial charge in [-0.3, -0.25) is 4.79 Å². The van der Waals surface area contributed by atoms with Crippen LogP contribution in [0.4, 0.5) is 0 Å². The minimum Gasteiger partial charge on any atom is -0.481 e. The fourth-order valence-corrected chi connectivity index (χ4v) is 0.781. The Morgan fingerprint density at radius 3 is 2.27 bits per heavy atom. The van der Waals surface area contributed by atoms with Crippen LogP contribution in [0.1, 0.15) is 20.3 Å². The van der Waals surface area contributed by atoms with Crippen LogP contribution < -0.4 is 5.73 Å². The minimum absolute atomic E-state index is 0.327. The molecule has 11 heavy (non-hydrogen) atoms. The number of hydrogen-bond acceptors (Lipinski definition) is 3. The van der Waals surface area contributed by atoms with Crippen LogP contribution in [0.25, 0.3) is 0 Å². The molecule has 0 aromatic carbocycles. The van der Waals surface area contributed by atoms with Crippen LogP contribution >= 0.6 is 0 Å². The molecule has 0 aliphatic heterocycles. The highest BCUT2D eigenvalue weighted by atomic mass is 16.4. The standard InChI is InChI=1S/C7H15NO3/c1-4(9)3-6(8)5(2)7(10)11/h4-6,9H,3,8H2,1-2H3,(H,10,11). The Morgan fingerprint density at radius 1 is 1.55 bits per heavy atom. The van der Waals surface area contributed by atoms with Gasteiger partial charge < -0.3 is 15.9 Å². The summed E-state index contributed by atoms with van der Waals surface area (Å²) in [6, 6.07) is -0.465. The monoisotopic (exact) mass is 161 g/mol. The van der Waals surface area contributed by atoms with Crippen molar-refractivity contribution in [2.24, 2.45) is 11.7 Å². The normalized spacial score (nSPS) is 18.9. The van der Waals surface area contributed by atoms with Gasteiger partial charge >= 0.3 is 5.97 Å². The molecule has 4 nitrogen and oxygen atoms in total. The minimum atomic E-state index is -0.918. The lowest BCUT2D eigenvalue weighted by Gasteiger charge is -2.16. The van der Waals surface area contributed by atoms with E-state index in [4.69, 9.17) is 15.9 Å². The predicted octanol–water partition coefficient (Wildman–Crippen LogP) is -0.195. The van der Waals surface area contributed by atoms with Crippen molar-refractivity contribution in [3.63, 3.8) is 0 Å². The number of carboxylic acid groups (broad SMARTS) is 1. The van der Waals surface area contributed by atoms with E-state index in [0.29, 0.717) is 6.42 Å². The van der Waals surface area contributed by atoms with Gasteiger partial charge in [-0.15, -0.1) is 0 Å². The van der Waals surface area contributed by atoms with Gasteiger partial charge in [0.05, 0.1) is 12.0 Å². The lowest BCUT2D eigenvalue weighted by Crippen LogP contribution is -2.35. The molecule has 0 aromatic heterocycles. The topological polar surface area (TPSA) is 83.5 Å².